The van der Waals surface area contributed by atoms with E-state index in [1.165, 1.54) is 31.4 Å². The summed E-state index contributed by atoms with van der Waals surface area (Å²) >= 11 is 0. The van der Waals surface area contributed by atoms with Gasteiger partial charge in [0.1, 0.15) is 22.9 Å². The fourth-order valence-corrected chi connectivity index (χ4v) is 1.92. The maximum absolute atomic E-state index is 13.8. The highest BCUT2D eigenvalue weighted by atomic mass is 19.1. The molecule has 6 nitrogen and oxygen atoms in total. The third-order valence-corrected chi connectivity index (χ3v) is 2.93. The molecule has 0 aliphatic rings. The predicted octanol–water partition coefficient (Wildman–Crippen LogP) is 3.53. The van der Waals surface area contributed by atoms with Crippen LogP contribution in [0.3, 0.4) is 0 Å². The Hall–Kier alpha value is -2.83. The van der Waals surface area contributed by atoms with Crippen LogP contribution in [0.4, 0.5) is 27.1 Å². The average Bonchev–Trinajstić information content (AvgIpc) is 2.48. The van der Waals surface area contributed by atoms with E-state index in [0.717, 1.165) is 0 Å². The lowest BCUT2D eigenvalue weighted by Crippen LogP contribution is -2.02. The number of ether oxygens (including phenoxy) is 1. The van der Waals surface area contributed by atoms with E-state index < -0.39 is 10.7 Å². The molecule has 2 N–H and O–H groups in total. The standard InChI is InChI=1S/C14H14FN3O3/c1-16-11-4-3-5-12(14(11)18(19)20)17-13-8-9(21-2)6-7-10(13)15/h3-8,16-17H,1-2H3. The molecule has 21 heavy (non-hydrogen) atoms. The number of nitrogens with one attached hydrogen (secondary N) is 2. The Morgan fingerprint density at radius 3 is 2.52 bits per heavy atom. The molecule has 0 saturated heterocycles. The molecule has 0 fully saturated rings. The van der Waals surface area contributed by atoms with E-state index in [1.807, 2.05) is 0 Å². The lowest BCUT2D eigenvalue weighted by Gasteiger charge is -2.11. The first-order valence-corrected chi connectivity index (χ1v) is 6.12. The van der Waals surface area contributed by atoms with Gasteiger partial charge in [-0.2, -0.15) is 0 Å². The van der Waals surface area contributed by atoms with Gasteiger partial charge in [0, 0.05) is 13.1 Å². The number of methoxy groups -OCH3 is 1. The molecule has 7 heteroatoms. The van der Waals surface area contributed by atoms with Crippen LogP contribution >= 0.6 is 0 Å². The summed E-state index contributed by atoms with van der Waals surface area (Å²) in [5.41, 5.74) is 0.486. The van der Waals surface area contributed by atoms with Crippen LogP contribution < -0.4 is 15.4 Å². The molecule has 0 aromatic heterocycles. The lowest BCUT2D eigenvalue weighted by atomic mass is 10.2. The van der Waals surface area contributed by atoms with E-state index in [2.05, 4.69) is 10.6 Å². The summed E-state index contributed by atoms with van der Waals surface area (Å²) < 4.78 is 18.8. The van der Waals surface area contributed by atoms with Crippen LogP contribution in [0, 0.1) is 15.9 Å². The molecule has 2 aromatic rings. The molecule has 0 saturated carbocycles. The summed E-state index contributed by atoms with van der Waals surface area (Å²) in [6.07, 6.45) is 0. The molecule has 0 bridgehead atoms. The van der Waals surface area contributed by atoms with E-state index in [4.69, 9.17) is 4.74 Å². The van der Waals surface area contributed by atoms with E-state index in [1.54, 1.807) is 19.2 Å². The number of anilines is 3. The molecule has 0 spiro atoms. The zero-order valence-electron chi connectivity index (χ0n) is 11.5. The van der Waals surface area contributed by atoms with Crippen molar-refractivity contribution in [2.75, 3.05) is 24.8 Å². The van der Waals surface area contributed by atoms with Crippen LogP contribution in [0.1, 0.15) is 0 Å². The molecule has 0 heterocycles. The van der Waals surface area contributed by atoms with Gasteiger partial charge in [-0.15, -0.1) is 0 Å². The van der Waals surface area contributed by atoms with E-state index in [-0.39, 0.29) is 17.1 Å². The molecule has 0 aliphatic heterocycles. The summed E-state index contributed by atoms with van der Waals surface area (Å²) in [4.78, 5) is 10.7. The van der Waals surface area contributed by atoms with Crippen molar-refractivity contribution in [3.63, 3.8) is 0 Å². The summed E-state index contributed by atoms with van der Waals surface area (Å²) in [6, 6.07) is 8.86. The van der Waals surface area contributed by atoms with Gasteiger partial charge >= 0.3 is 5.69 Å². The van der Waals surface area contributed by atoms with Gasteiger partial charge in [-0.25, -0.2) is 4.39 Å². The Morgan fingerprint density at radius 2 is 1.90 bits per heavy atom. The third kappa shape index (κ3) is 3.02. The van der Waals surface area contributed by atoms with Crippen molar-refractivity contribution in [1.82, 2.24) is 0 Å². The fraction of sp³-hybridized carbons (Fsp3) is 0.143. The average molecular weight is 291 g/mol. The quantitative estimate of drug-likeness (QED) is 0.651. The number of nitro groups is 1. The van der Waals surface area contributed by atoms with Crippen LogP contribution in [-0.4, -0.2) is 19.1 Å². The maximum atomic E-state index is 13.8. The Balaban J connectivity index is 2.47. The zero-order valence-corrected chi connectivity index (χ0v) is 11.5. The Kier molecular flexibility index (Phi) is 4.22. The molecular weight excluding hydrogens is 277 g/mol. The van der Waals surface area contributed by atoms with Crippen LogP contribution in [-0.2, 0) is 0 Å². The number of rotatable bonds is 5. The second kappa shape index (κ2) is 6.08. The highest BCUT2D eigenvalue weighted by molar-refractivity contribution is 5.79. The van der Waals surface area contributed by atoms with Gasteiger partial charge in [0.15, 0.2) is 0 Å². The second-order valence-electron chi connectivity index (χ2n) is 4.18. The fourth-order valence-electron chi connectivity index (χ4n) is 1.92. The van der Waals surface area contributed by atoms with E-state index in [9.17, 15) is 14.5 Å². The lowest BCUT2D eigenvalue weighted by molar-refractivity contribution is -0.383. The molecule has 0 unspecified atom stereocenters. The van der Waals surface area contributed by atoms with Gasteiger partial charge in [-0.1, -0.05) is 6.07 Å². The van der Waals surface area contributed by atoms with Gasteiger partial charge in [0.05, 0.1) is 17.7 Å². The number of hydrogen-bond acceptors (Lipinski definition) is 5. The molecule has 0 aliphatic carbocycles. The van der Waals surface area contributed by atoms with Crippen LogP contribution in [0.5, 0.6) is 5.75 Å². The minimum absolute atomic E-state index is 0.103. The van der Waals surface area contributed by atoms with Gasteiger partial charge < -0.3 is 15.4 Å². The van der Waals surface area contributed by atoms with E-state index >= 15 is 0 Å². The molecule has 0 amide bonds. The molecule has 0 atom stereocenters. The molecular formula is C14H14FN3O3. The van der Waals surface area contributed by atoms with Crippen LogP contribution in [0.25, 0.3) is 0 Å². The van der Waals surface area contributed by atoms with Gasteiger partial charge in [-0.3, -0.25) is 10.1 Å². The van der Waals surface area contributed by atoms with Crippen LogP contribution in [0.15, 0.2) is 36.4 Å². The number of hydrogen-bond donors (Lipinski definition) is 2. The third-order valence-electron chi connectivity index (χ3n) is 2.93. The molecule has 2 aromatic carbocycles. The van der Waals surface area contributed by atoms with Crippen molar-refractivity contribution in [2.45, 2.75) is 0 Å². The first kappa shape index (κ1) is 14.6. The van der Waals surface area contributed by atoms with Crippen molar-refractivity contribution >= 4 is 22.7 Å². The number of benzene rings is 2. The van der Waals surface area contributed by atoms with Crippen molar-refractivity contribution in [2.24, 2.45) is 0 Å². The minimum atomic E-state index is -0.528. The van der Waals surface area contributed by atoms with E-state index in [0.29, 0.717) is 11.4 Å². The zero-order chi connectivity index (χ0) is 15.4. The Labute approximate surface area is 120 Å². The molecule has 2 rings (SSSR count). The Bertz CT molecular complexity index is 677. The molecule has 0 radical (unpaired) electrons. The largest absolute Gasteiger partial charge is 0.497 e. The first-order chi connectivity index (χ1) is 10.1. The number of para-hydroxylation sites is 1. The van der Waals surface area contributed by atoms with Gasteiger partial charge in [0.25, 0.3) is 0 Å². The Morgan fingerprint density at radius 1 is 1.19 bits per heavy atom. The van der Waals surface area contributed by atoms with Crippen molar-refractivity contribution in [3.8, 4) is 5.75 Å². The number of nitrogens with zero attached hydrogens (tertiary/aromatic N) is 1. The smallest absolute Gasteiger partial charge is 0.315 e. The predicted molar refractivity (Wildman–Crippen MR) is 78.9 cm³/mol. The minimum Gasteiger partial charge on any atom is -0.497 e. The number of halogens is 1. The SMILES string of the molecule is CNc1cccc(Nc2cc(OC)ccc2F)c1[N+](=O)[O-]. The summed E-state index contributed by atoms with van der Waals surface area (Å²) in [5, 5.41) is 16.7. The number of nitro benzene ring substituents is 1. The second-order valence-corrected chi connectivity index (χ2v) is 4.18. The summed E-state index contributed by atoms with van der Waals surface area (Å²) in [7, 11) is 3.04. The van der Waals surface area contributed by atoms with Crippen LogP contribution in [0.2, 0.25) is 0 Å². The highest BCUT2D eigenvalue weighted by Gasteiger charge is 2.19. The maximum Gasteiger partial charge on any atom is 0.315 e. The first-order valence-electron chi connectivity index (χ1n) is 6.12. The van der Waals surface area contributed by atoms with Crippen molar-refractivity contribution in [3.05, 3.63) is 52.3 Å². The summed E-state index contributed by atoms with van der Waals surface area (Å²) in [6.45, 7) is 0. The highest BCUT2D eigenvalue weighted by Crippen LogP contribution is 2.35. The topological polar surface area (TPSA) is 76.4 Å². The van der Waals surface area contributed by atoms with Crippen molar-refractivity contribution in [1.29, 1.82) is 0 Å². The normalized spacial score (nSPS) is 10.0. The molecule has 110 valence electrons. The monoisotopic (exact) mass is 291 g/mol. The summed E-state index contributed by atoms with van der Waals surface area (Å²) in [5.74, 6) is -0.0775. The van der Waals surface area contributed by atoms with Gasteiger partial charge in [-0.05, 0) is 24.3 Å². The van der Waals surface area contributed by atoms with Crippen molar-refractivity contribution < 1.29 is 14.1 Å². The van der Waals surface area contributed by atoms with Gasteiger partial charge in [0.2, 0.25) is 0 Å².